The second-order valence-electron chi connectivity index (χ2n) is 4.84. The average molecular weight is 253 g/mol. The van der Waals surface area contributed by atoms with Gasteiger partial charge < -0.3 is 10.0 Å². The normalized spacial score (nSPS) is 13.8. The lowest BCUT2D eigenvalue weighted by Gasteiger charge is -2.16. The topological polar surface area (TPSA) is 84.9 Å². The van der Waals surface area contributed by atoms with Gasteiger partial charge in [-0.3, -0.25) is 0 Å². The summed E-state index contributed by atoms with van der Waals surface area (Å²) in [5.74, 6) is 0.761. The largest absolute Gasteiger partial charge is 0.408 e. The fourth-order valence-electron chi connectivity index (χ4n) is 1.17. The van der Waals surface area contributed by atoms with Crippen molar-refractivity contribution in [3.63, 3.8) is 0 Å². The summed E-state index contributed by atoms with van der Waals surface area (Å²) in [6.45, 7) is 7.63. The van der Waals surface area contributed by atoms with Crippen LogP contribution < -0.4 is 0 Å². The molecule has 1 N–H and O–H groups in total. The molecule has 1 heterocycles. The van der Waals surface area contributed by atoms with Crippen LogP contribution in [-0.4, -0.2) is 31.7 Å². The Hall–Kier alpha value is -1.92. The number of rotatable bonds is 3. The maximum Gasteiger partial charge on any atom is 0.265 e. The van der Waals surface area contributed by atoms with Crippen LogP contribution in [0.5, 0.6) is 0 Å². The molecule has 0 saturated carbocycles. The van der Waals surface area contributed by atoms with E-state index in [9.17, 15) is 0 Å². The Balaban J connectivity index is 2.85. The van der Waals surface area contributed by atoms with Crippen LogP contribution in [0.4, 0.5) is 0 Å². The molecular formula is C11H19N5O2. The molecule has 1 aromatic heterocycles. The molecule has 0 aliphatic carbocycles. The van der Waals surface area contributed by atoms with Crippen molar-refractivity contribution in [1.29, 1.82) is 0 Å². The first-order chi connectivity index (χ1) is 8.49. The standard InChI is InChI=1S/C11H19N5O2/c1-5-6-9(16-8-12-7-13-16)15-18-10(14-17)11(2,3)4/h7-8,17H,5-6H2,1-4H3/b14-10-,15-9+. The first-order valence-corrected chi connectivity index (χ1v) is 5.80. The van der Waals surface area contributed by atoms with Crippen LogP contribution in [0.25, 0.3) is 0 Å². The average Bonchev–Trinajstić information content (AvgIpc) is 2.80. The molecule has 0 aliphatic heterocycles. The fourth-order valence-corrected chi connectivity index (χ4v) is 1.17. The molecule has 0 aliphatic rings. The summed E-state index contributed by atoms with van der Waals surface area (Å²) in [6, 6.07) is 0. The van der Waals surface area contributed by atoms with Crippen molar-refractivity contribution in [2.45, 2.75) is 40.5 Å². The summed E-state index contributed by atoms with van der Waals surface area (Å²) in [6.07, 6.45) is 4.55. The minimum Gasteiger partial charge on any atom is -0.408 e. The Morgan fingerprint density at radius 2 is 2.17 bits per heavy atom. The molecule has 0 saturated heterocycles. The molecule has 1 rings (SSSR count). The van der Waals surface area contributed by atoms with Gasteiger partial charge in [0, 0.05) is 11.8 Å². The maximum absolute atomic E-state index is 8.89. The third-order valence-electron chi connectivity index (χ3n) is 2.13. The Bertz CT molecular complexity index is 417. The van der Waals surface area contributed by atoms with E-state index in [1.54, 1.807) is 6.33 Å². The number of nitrogens with zero attached hydrogens (tertiary/aromatic N) is 5. The van der Waals surface area contributed by atoms with Crippen LogP contribution >= 0.6 is 0 Å². The van der Waals surface area contributed by atoms with Crippen molar-refractivity contribution in [1.82, 2.24) is 14.8 Å². The third kappa shape index (κ3) is 3.83. The van der Waals surface area contributed by atoms with Gasteiger partial charge in [0.05, 0.1) is 0 Å². The predicted octanol–water partition coefficient (Wildman–Crippen LogP) is 2.09. The van der Waals surface area contributed by atoms with Gasteiger partial charge in [0.1, 0.15) is 12.7 Å². The lowest BCUT2D eigenvalue weighted by molar-refractivity contribution is 0.228. The van der Waals surface area contributed by atoms with Gasteiger partial charge in [-0.2, -0.15) is 5.10 Å². The predicted molar refractivity (Wildman–Crippen MR) is 67.5 cm³/mol. The number of hydrogen-bond donors (Lipinski definition) is 1. The molecule has 0 radical (unpaired) electrons. The highest BCUT2D eigenvalue weighted by Gasteiger charge is 2.22. The molecule has 7 nitrogen and oxygen atoms in total. The fraction of sp³-hybridized carbons (Fsp3) is 0.636. The highest BCUT2D eigenvalue weighted by molar-refractivity contribution is 5.85. The van der Waals surface area contributed by atoms with Gasteiger partial charge in [-0.1, -0.05) is 38.0 Å². The van der Waals surface area contributed by atoms with E-state index < -0.39 is 5.41 Å². The van der Waals surface area contributed by atoms with E-state index >= 15 is 0 Å². The van der Waals surface area contributed by atoms with Crippen LogP contribution in [0.15, 0.2) is 23.0 Å². The summed E-state index contributed by atoms with van der Waals surface area (Å²) in [5, 5.41) is 20.0. The molecule has 0 unspecified atom stereocenters. The summed E-state index contributed by atoms with van der Waals surface area (Å²) in [7, 11) is 0. The second kappa shape index (κ2) is 6.13. The van der Waals surface area contributed by atoms with Crippen molar-refractivity contribution in [2.24, 2.45) is 15.7 Å². The van der Waals surface area contributed by atoms with Crippen LogP contribution in [0.1, 0.15) is 40.5 Å². The third-order valence-corrected chi connectivity index (χ3v) is 2.13. The number of hydrogen-bond acceptors (Lipinski definition) is 6. The minimum absolute atomic E-state index is 0.149. The van der Waals surface area contributed by atoms with E-state index in [1.807, 2.05) is 27.7 Å². The molecular weight excluding hydrogens is 234 g/mol. The Morgan fingerprint density at radius 1 is 1.44 bits per heavy atom. The van der Waals surface area contributed by atoms with Gasteiger partial charge in [0.15, 0.2) is 5.84 Å². The van der Waals surface area contributed by atoms with Gasteiger partial charge in [0.2, 0.25) is 0 Å². The zero-order valence-corrected chi connectivity index (χ0v) is 11.2. The molecule has 100 valence electrons. The summed E-state index contributed by atoms with van der Waals surface area (Å²) in [4.78, 5) is 9.05. The van der Waals surface area contributed by atoms with Crippen molar-refractivity contribution in [3.05, 3.63) is 12.7 Å². The Morgan fingerprint density at radius 3 is 2.61 bits per heavy atom. The first kappa shape index (κ1) is 14.1. The van der Waals surface area contributed by atoms with Gasteiger partial charge in [-0.25, -0.2) is 9.67 Å². The summed E-state index contributed by atoms with van der Waals surface area (Å²) >= 11 is 0. The van der Waals surface area contributed by atoms with E-state index in [4.69, 9.17) is 10.0 Å². The highest BCUT2D eigenvalue weighted by atomic mass is 16.7. The zero-order valence-electron chi connectivity index (χ0n) is 11.2. The van der Waals surface area contributed by atoms with Gasteiger partial charge in [-0.05, 0) is 6.42 Å². The van der Waals surface area contributed by atoms with Crippen molar-refractivity contribution in [2.75, 3.05) is 0 Å². The van der Waals surface area contributed by atoms with E-state index in [0.29, 0.717) is 12.3 Å². The second-order valence-corrected chi connectivity index (χ2v) is 4.84. The summed E-state index contributed by atoms with van der Waals surface area (Å²) in [5.41, 5.74) is -0.419. The molecule has 0 spiro atoms. The number of aromatic nitrogens is 3. The zero-order chi connectivity index (χ0) is 13.6. The van der Waals surface area contributed by atoms with E-state index in [0.717, 1.165) is 6.42 Å². The summed E-state index contributed by atoms with van der Waals surface area (Å²) < 4.78 is 1.53. The highest BCUT2D eigenvalue weighted by Crippen LogP contribution is 2.17. The van der Waals surface area contributed by atoms with Gasteiger partial charge in [0.25, 0.3) is 5.90 Å². The lowest BCUT2D eigenvalue weighted by atomic mass is 9.97. The van der Waals surface area contributed by atoms with Crippen molar-refractivity contribution < 1.29 is 10.0 Å². The number of oxime groups is 2. The van der Waals surface area contributed by atoms with Crippen LogP contribution in [0.2, 0.25) is 0 Å². The van der Waals surface area contributed by atoms with E-state index in [2.05, 4.69) is 20.4 Å². The Kier molecular flexibility index (Phi) is 4.82. The molecule has 0 fully saturated rings. The van der Waals surface area contributed by atoms with E-state index in [1.165, 1.54) is 11.0 Å². The Labute approximate surface area is 106 Å². The van der Waals surface area contributed by atoms with Gasteiger partial charge >= 0.3 is 0 Å². The molecule has 1 aromatic rings. The van der Waals surface area contributed by atoms with Crippen LogP contribution in [-0.2, 0) is 4.84 Å². The minimum atomic E-state index is -0.419. The molecule has 18 heavy (non-hydrogen) atoms. The van der Waals surface area contributed by atoms with Crippen LogP contribution in [0.3, 0.4) is 0 Å². The molecule has 0 atom stereocenters. The quantitative estimate of drug-likeness (QED) is 0.387. The van der Waals surface area contributed by atoms with Crippen molar-refractivity contribution >= 4 is 11.7 Å². The van der Waals surface area contributed by atoms with Gasteiger partial charge in [-0.15, -0.1) is 0 Å². The van der Waals surface area contributed by atoms with Crippen LogP contribution in [0, 0.1) is 5.41 Å². The first-order valence-electron chi connectivity index (χ1n) is 5.80. The monoisotopic (exact) mass is 253 g/mol. The molecule has 0 bridgehead atoms. The molecule has 0 aromatic carbocycles. The lowest BCUT2D eigenvalue weighted by Crippen LogP contribution is -2.23. The molecule has 7 heteroatoms. The maximum atomic E-state index is 8.89. The van der Waals surface area contributed by atoms with Crippen molar-refractivity contribution in [3.8, 4) is 0 Å². The molecule has 0 amide bonds. The smallest absolute Gasteiger partial charge is 0.265 e. The van der Waals surface area contributed by atoms with E-state index in [-0.39, 0.29) is 5.90 Å². The SMILES string of the molecule is CCC/C(=N\O/C(=N\O)C(C)(C)C)n1cncn1.